The molecule has 0 spiro atoms. The van der Waals surface area contributed by atoms with Gasteiger partial charge in [0.2, 0.25) is 0 Å². The van der Waals surface area contributed by atoms with Crippen molar-refractivity contribution >= 4 is 5.91 Å². The molecule has 148 valence electrons. The van der Waals surface area contributed by atoms with Crippen LogP contribution in [0.15, 0.2) is 23.4 Å². The van der Waals surface area contributed by atoms with Crippen LogP contribution in [0.25, 0.3) is 11.3 Å². The second-order valence-corrected chi connectivity index (χ2v) is 6.20. The third-order valence-corrected chi connectivity index (χ3v) is 4.40. The van der Waals surface area contributed by atoms with Gasteiger partial charge in [-0.15, -0.1) is 0 Å². The Kier molecular flexibility index (Phi) is 5.08. The minimum absolute atomic E-state index is 0.253. The standard InChI is InChI=1S/C17H17F3N6O2/c1-8-10(6-23-16(28)17(18,19)20)9(2)25-12(8)5-13-14(22-4-3-21-13)11-7-24-26-15(11)27/h3-4,7,25H,5-6H2,1-2H3,(H,23,28)(H2,24,26,27). The number of carbonyl (C=O) groups is 1. The minimum Gasteiger partial charge on any atom is -0.362 e. The maximum absolute atomic E-state index is 12.4. The van der Waals surface area contributed by atoms with Gasteiger partial charge in [-0.25, -0.2) is 0 Å². The van der Waals surface area contributed by atoms with Gasteiger partial charge in [0.25, 0.3) is 5.56 Å². The van der Waals surface area contributed by atoms with Crippen molar-refractivity contribution in [2.24, 2.45) is 0 Å². The zero-order valence-electron chi connectivity index (χ0n) is 15.0. The number of nitrogens with one attached hydrogen (secondary N) is 4. The molecule has 0 aliphatic rings. The van der Waals surface area contributed by atoms with E-state index in [2.05, 4.69) is 25.1 Å². The van der Waals surface area contributed by atoms with Gasteiger partial charge in [-0.05, 0) is 25.0 Å². The molecule has 3 heterocycles. The van der Waals surface area contributed by atoms with Crippen molar-refractivity contribution in [2.75, 3.05) is 0 Å². The summed E-state index contributed by atoms with van der Waals surface area (Å²) in [6, 6.07) is 0. The lowest BCUT2D eigenvalue weighted by Gasteiger charge is -2.09. The molecule has 4 N–H and O–H groups in total. The Hall–Kier alpha value is -3.37. The first-order chi connectivity index (χ1) is 13.2. The van der Waals surface area contributed by atoms with Gasteiger partial charge in [0, 0.05) is 42.9 Å². The third kappa shape index (κ3) is 3.82. The largest absolute Gasteiger partial charge is 0.471 e. The molecule has 0 fully saturated rings. The minimum atomic E-state index is -4.93. The summed E-state index contributed by atoms with van der Waals surface area (Å²) in [7, 11) is 0. The van der Waals surface area contributed by atoms with Gasteiger partial charge in [-0.1, -0.05) is 0 Å². The number of hydrogen-bond acceptors (Lipinski definition) is 4. The van der Waals surface area contributed by atoms with Crippen molar-refractivity contribution in [1.29, 1.82) is 0 Å². The molecule has 0 radical (unpaired) electrons. The highest BCUT2D eigenvalue weighted by atomic mass is 19.4. The Balaban J connectivity index is 1.87. The molecule has 0 aromatic carbocycles. The third-order valence-electron chi connectivity index (χ3n) is 4.40. The summed E-state index contributed by atoms with van der Waals surface area (Å²) in [4.78, 5) is 34.6. The molecule has 0 saturated carbocycles. The van der Waals surface area contributed by atoms with Crippen LogP contribution >= 0.6 is 0 Å². The number of rotatable bonds is 5. The zero-order valence-corrected chi connectivity index (χ0v) is 15.0. The molecule has 0 saturated heterocycles. The van der Waals surface area contributed by atoms with Crippen LogP contribution in [0.3, 0.4) is 0 Å². The molecule has 28 heavy (non-hydrogen) atoms. The Morgan fingerprint density at radius 1 is 1.21 bits per heavy atom. The van der Waals surface area contributed by atoms with Crippen molar-refractivity contribution in [2.45, 2.75) is 33.0 Å². The maximum atomic E-state index is 12.4. The summed E-state index contributed by atoms with van der Waals surface area (Å²) < 4.78 is 37.2. The van der Waals surface area contributed by atoms with E-state index in [0.29, 0.717) is 39.5 Å². The van der Waals surface area contributed by atoms with Crippen LogP contribution in [0.5, 0.6) is 0 Å². The molecule has 0 aliphatic heterocycles. The average molecular weight is 394 g/mol. The summed E-state index contributed by atoms with van der Waals surface area (Å²) in [5, 5.41) is 6.92. The summed E-state index contributed by atoms with van der Waals surface area (Å²) in [5.74, 6) is -1.99. The molecule has 0 atom stereocenters. The maximum Gasteiger partial charge on any atom is 0.471 e. The molecule has 0 unspecified atom stereocenters. The van der Waals surface area contributed by atoms with Crippen LogP contribution in [-0.4, -0.2) is 37.2 Å². The molecule has 3 aromatic rings. The van der Waals surface area contributed by atoms with Crippen LogP contribution in [-0.2, 0) is 17.8 Å². The van der Waals surface area contributed by atoms with E-state index in [1.807, 2.05) is 5.32 Å². The predicted octanol–water partition coefficient (Wildman–Crippen LogP) is 1.87. The van der Waals surface area contributed by atoms with Crippen molar-refractivity contribution in [3.63, 3.8) is 0 Å². The highest BCUT2D eigenvalue weighted by Gasteiger charge is 2.38. The normalized spacial score (nSPS) is 11.6. The van der Waals surface area contributed by atoms with E-state index in [4.69, 9.17) is 0 Å². The molecule has 8 nitrogen and oxygen atoms in total. The number of aromatic amines is 3. The molecule has 3 aromatic heterocycles. The predicted molar refractivity (Wildman–Crippen MR) is 93.4 cm³/mol. The number of alkyl halides is 3. The first-order valence-corrected chi connectivity index (χ1v) is 8.26. The van der Waals surface area contributed by atoms with E-state index >= 15 is 0 Å². The number of amides is 1. The second kappa shape index (κ2) is 7.33. The molecule has 0 bridgehead atoms. The van der Waals surface area contributed by atoms with Crippen LogP contribution < -0.4 is 10.9 Å². The van der Waals surface area contributed by atoms with Gasteiger partial charge in [-0.2, -0.15) is 13.2 Å². The molecular formula is C17H17F3N6O2. The highest BCUT2D eigenvalue weighted by molar-refractivity contribution is 5.81. The molecule has 11 heteroatoms. The van der Waals surface area contributed by atoms with Crippen LogP contribution in [0.4, 0.5) is 13.2 Å². The zero-order chi connectivity index (χ0) is 20.5. The molecule has 1 amide bonds. The summed E-state index contributed by atoms with van der Waals surface area (Å²) >= 11 is 0. The van der Waals surface area contributed by atoms with Gasteiger partial charge in [-0.3, -0.25) is 24.7 Å². The summed E-state index contributed by atoms with van der Waals surface area (Å²) in [6.45, 7) is 3.20. The number of hydrogen-bond donors (Lipinski definition) is 4. The first kappa shape index (κ1) is 19.4. The average Bonchev–Trinajstić information content (AvgIpc) is 3.16. The van der Waals surface area contributed by atoms with Crippen molar-refractivity contribution in [3.05, 3.63) is 57.2 Å². The van der Waals surface area contributed by atoms with Crippen LogP contribution in [0.2, 0.25) is 0 Å². The SMILES string of the molecule is Cc1[nH]c(Cc2nccnc2-c2c[nH][nH]c2=O)c(C)c1CNC(=O)C(F)(F)F. The van der Waals surface area contributed by atoms with E-state index in [1.165, 1.54) is 18.6 Å². The number of halogens is 3. The van der Waals surface area contributed by atoms with Crippen LogP contribution in [0, 0.1) is 13.8 Å². The Labute approximate surface area is 156 Å². The summed E-state index contributed by atoms with van der Waals surface area (Å²) in [6.07, 6.45) is -0.195. The first-order valence-electron chi connectivity index (χ1n) is 8.26. The lowest BCUT2D eigenvalue weighted by Crippen LogP contribution is -2.36. The lowest BCUT2D eigenvalue weighted by atomic mass is 10.0. The van der Waals surface area contributed by atoms with Gasteiger partial charge in [0.15, 0.2) is 0 Å². The van der Waals surface area contributed by atoms with E-state index < -0.39 is 12.1 Å². The fraction of sp³-hybridized carbons (Fsp3) is 0.294. The van der Waals surface area contributed by atoms with E-state index in [9.17, 15) is 22.8 Å². The molecule has 0 aliphatic carbocycles. The summed E-state index contributed by atoms with van der Waals surface area (Å²) in [5.41, 5.74) is 3.56. The van der Waals surface area contributed by atoms with E-state index in [1.54, 1.807) is 13.8 Å². The van der Waals surface area contributed by atoms with E-state index in [-0.39, 0.29) is 18.5 Å². The highest BCUT2D eigenvalue weighted by Crippen LogP contribution is 2.24. The van der Waals surface area contributed by atoms with Gasteiger partial charge in [0.1, 0.15) is 0 Å². The Bertz CT molecular complexity index is 1060. The van der Waals surface area contributed by atoms with Crippen molar-refractivity contribution in [3.8, 4) is 11.3 Å². The second-order valence-electron chi connectivity index (χ2n) is 6.20. The number of aromatic nitrogens is 5. The van der Waals surface area contributed by atoms with Crippen molar-refractivity contribution < 1.29 is 18.0 Å². The number of H-pyrrole nitrogens is 3. The Morgan fingerprint density at radius 3 is 2.57 bits per heavy atom. The Morgan fingerprint density at radius 2 is 1.93 bits per heavy atom. The fourth-order valence-corrected chi connectivity index (χ4v) is 2.94. The number of carbonyl (C=O) groups excluding carboxylic acids is 1. The number of nitrogens with zero attached hydrogens (tertiary/aromatic N) is 2. The quantitative estimate of drug-likeness (QED) is 0.528. The fourth-order valence-electron chi connectivity index (χ4n) is 2.94. The molecular weight excluding hydrogens is 377 g/mol. The number of aryl methyl sites for hydroxylation is 1. The smallest absolute Gasteiger partial charge is 0.362 e. The van der Waals surface area contributed by atoms with E-state index in [0.717, 1.165) is 0 Å². The van der Waals surface area contributed by atoms with Gasteiger partial charge >= 0.3 is 12.1 Å². The lowest BCUT2D eigenvalue weighted by molar-refractivity contribution is -0.173. The van der Waals surface area contributed by atoms with Crippen LogP contribution in [0.1, 0.15) is 28.2 Å². The van der Waals surface area contributed by atoms with Crippen molar-refractivity contribution in [1.82, 2.24) is 30.5 Å². The van der Waals surface area contributed by atoms with Gasteiger partial charge in [0.05, 0.1) is 17.0 Å². The monoisotopic (exact) mass is 394 g/mol. The molecule has 3 rings (SSSR count). The topological polar surface area (TPSA) is 119 Å². The van der Waals surface area contributed by atoms with Gasteiger partial charge < -0.3 is 15.4 Å².